The van der Waals surface area contributed by atoms with Crippen molar-refractivity contribution in [1.29, 1.82) is 0 Å². The number of anilines is 1. The van der Waals surface area contributed by atoms with Gasteiger partial charge in [0.25, 0.3) is 5.22 Å². The van der Waals surface area contributed by atoms with Crippen LogP contribution in [0.3, 0.4) is 0 Å². The van der Waals surface area contributed by atoms with Crippen LogP contribution in [0.1, 0.15) is 26.3 Å². The van der Waals surface area contributed by atoms with E-state index >= 15 is 0 Å². The van der Waals surface area contributed by atoms with Crippen molar-refractivity contribution in [3.63, 3.8) is 0 Å². The maximum atomic E-state index is 12.1. The Bertz CT molecular complexity index is 929. The van der Waals surface area contributed by atoms with E-state index < -0.39 is 0 Å². The van der Waals surface area contributed by atoms with Gasteiger partial charge in [-0.1, -0.05) is 44.7 Å². The molecule has 1 aromatic heterocycles. The molecule has 2 aromatic carbocycles. The molecule has 0 spiro atoms. The highest BCUT2D eigenvalue weighted by molar-refractivity contribution is 7.99. The summed E-state index contributed by atoms with van der Waals surface area (Å²) in [5.41, 5.74) is 2.89. The average molecular weight is 398 g/mol. The number of ether oxygens (including phenoxy) is 1. The Balaban J connectivity index is 1.56. The van der Waals surface area contributed by atoms with Crippen LogP contribution < -0.4 is 10.1 Å². The van der Waals surface area contributed by atoms with Gasteiger partial charge in [0, 0.05) is 11.3 Å². The summed E-state index contributed by atoms with van der Waals surface area (Å²) in [6, 6.07) is 15.2. The predicted octanol–water partition coefficient (Wildman–Crippen LogP) is 4.77. The normalized spacial score (nSPS) is 11.3. The minimum Gasteiger partial charge on any atom is -0.497 e. The summed E-state index contributed by atoms with van der Waals surface area (Å²) >= 11 is 1.20. The number of nitrogens with one attached hydrogen (secondary N) is 1. The van der Waals surface area contributed by atoms with Crippen LogP contribution in [-0.2, 0) is 10.2 Å². The molecule has 3 aromatic rings. The Kier molecular flexibility index (Phi) is 6.04. The first-order valence-electron chi connectivity index (χ1n) is 8.86. The van der Waals surface area contributed by atoms with E-state index in [1.807, 2.05) is 12.1 Å². The minimum atomic E-state index is -0.149. The van der Waals surface area contributed by atoms with Crippen molar-refractivity contribution in [1.82, 2.24) is 10.2 Å². The second kappa shape index (κ2) is 8.48. The second-order valence-corrected chi connectivity index (χ2v) is 8.19. The highest BCUT2D eigenvalue weighted by Crippen LogP contribution is 2.27. The molecule has 0 aliphatic rings. The topological polar surface area (TPSA) is 77.2 Å². The van der Waals surface area contributed by atoms with Gasteiger partial charge in [-0.15, -0.1) is 10.2 Å². The number of hydrogen-bond acceptors (Lipinski definition) is 6. The fourth-order valence-electron chi connectivity index (χ4n) is 2.50. The number of nitrogens with zero attached hydrogens (tertiary/aromatic N) is 2. The van der Waals surface area contributed by atoms with Crippen LogP contribution >= 0.6 is 11.8 Å². The molecule has 0 atom stereocenters. The van der Waals surface area contributed by atoms with E-state index in [1.165, 1.54) is 17.3 Å². The van der Waals surface area contributed by atoms with Crippen LogP contribution in [0.5, 0.6) is 5.75 Å². The fraction of sp³-hybridized carbons (Fsp3) is 0.286. The Morgan fingerprint density at radius 2 is 1.75 bits per heavy atom. The molecule has 1 N–H and O–H groups in total. The van der Waals surface area contributed by atoms with E-state index in [9.17, 15) is 4.79 Å². The van der Waals surface area contributed by atoms with Gasteiger partial charge in [0.2, 0.25) is 11.8 Å². The van der Waals surface area contributed by atoms with Crippen LogP contribution in [0.25, 0.3) is 11.5 Å². The Hall–Kier alpha value is -2.80. The molecule has 7 heteroatoms. The molecule has 1 heterocycles. The summed E-state index contributed by atoms with van der Waals surface area (Å²) in [6.45, 7) is 6.50. The number of methoxy groups -OCH3 is 1. The van der Waals surface area contributed by atoms with Crippen LogP contribution in [0.2, 0.25) is 0 Å². The standard InChI is InChI=1S/C21H23N3O3S/c1-21(2,3)15-7-5-14(6-8-15)19-23-24-20(27-19)28-13-18(25)22-16-9-11-17(26-4)12-10-16/h5-12H,13H2,1-4H3,(H,22,25). The first-order valence-corrected chi connectivity index (χ1v) is 9.85. The lowest BCUT2D eigenvalue weighted by Crippen LogP contribution is -2.13. The third-order valence-corrected chi connectivity index (χ3v) is 4.92. The molecular formula is C21H23N3O3S. The van der Waals surface area contributed by atoms with Gasteiger partial charge in [-0.3, -0.25) is 4.79 Å². The quantitative estimate of drug-likeness (QED) is 0.604. The molecule has 0 radical (unpaired) electrons. The Morgan fingerprint density at radius 1 is 1.07 bits per heavy atom. The zero-order valence-electron chi connectivity index (χ0n) is 16.4. The Morgan fingerprint density at radius 3 is 2.36 bits per heavy atom. The van der Waals surface area contributed by atoms with Gasteiger partial charge < -0.3 is 14.5 Å². The van der Waals surface area contributed by atoms with E-state index in [4.69, 9.17) is 9.15 Å². The van der Waals surface area contributed by atoms with Gasteiger partial charge in [0.05, 0.1) is 12.9 Å². The van der Waals surface area contributed by atoms with Crippen molar-refractivity contribution in [2.45, 2.75) is 31.4 Å². The van der Waals surface area contributed by atoms with Crippen molar-refractivity contribution in [2.75, 3.05) is 18.2 Å². The summed E-state index contributed by atoms with van der Waals surface area (Å²) in [4.78, 5) is 12.1. The van der Waals surface area contributed by atoms with E-state index in [1.54, 1.807) is 31.4 Å². The van der Waals surface area contributed by atoms with Crippen molar-refractivity contribution in [3.8, 4) is 17.2 Å². The molecule has 0 bridgehead atoms. The van der Waals surface area contributed by atoms with E-state index in [-0.39, 0.29) is 17.1 Å². The number of amides is 1. The van der Waals surface area contributed by atoms with E-state index in [0.29, 0.717) is 16.8 Å². The maximum Gasteiger partial charge on any atom is 0.277 e. The zero-order valence-corrected chi connectivity index (χ0v) is 17.2. The molecule has 0 fully saturated rings. The summed E-state index contributed by atoms with van der Waals surface area (Å²) in [7, 11) is 1.60. The summed E-state index contributed by atoms with van der Waals surface area (Å²) in [6.07, 6.45) is 0. The fourth-order valence-corrected chi connectivity index (χ4v) is 3.06. The summed E-state index contributed by atoms with van der Waals surface area (Å²) in [5.74, 6) is 1.21. The van der Waals surface area contributed by atoms with Crippen LogP contribution in [-0.4, -0.2) is 29.0 Å². The second-order valence-electron chi connectivity index (χ2n) is 7.27. The predicted molar refractivity (Wildman–Crippen MR) is 111 cm³/mol. The SMILES string of the molecule is COc1ccc(NC(=O)CSc2nnc(-c3ccc(C(C)(C)C)cc3)o2)cc1. The first-order chi connectivity index (χ1) is 13.3. The monoisotopic (exact) mass is 397 g/mol. The van der Waals surface area contributed by atoms with Gasteiger partial charge in [-0.05, 0) is 47.4 Å². The van der Waals surface area contributed by atoms with Crippen molar-refractivity contribution in [2.24, 2.45) is 0 Å². The highest BCUT2D eigenvalue weighted by Gasteiger charge is 2.15. The summed E-state index contributed by atoms with van der Waals surface area (Å²) in [5, 5.41) is 11.3. The Labute approximate surface area is 168 Å². The van der Waals surface area contributed by atoms with Gasteiger partial charge in [-0.25, -0.2) is 0 Å². The van der Waals surface area contributed by atoms with Crippen molar-refractivity contribution in [3.05, 3.63) is 54.1 Å². The largest absolute Gasteiger partial charge is 0.497 e. The smallest absolute Gasteiger partial charge is 0.277 e. The molecule has 28 heavy (non-hydrogen) atoms. The molecule has 146 valence electrons. The van der Waals surface area contributed by atoms with E-state index in [0.717, 1.165) is 11.3 Å². The molecule has 1 amide bonds. The number of rotatable bonds is 6. The van der Waals surface area contributed by atoms with Gasteiger partial charge >= 0.3 is 0 Å². The molecule has 0 aliphatic carbocycles. The third kappa shape index (κ3) is 5.13. The number of hydrogen-bond donors (Lipinski definition) is 1. The lowest BCUT2D eigenvalue weighted by molar-refractivity contribution is -0.113. The third-order valence-electron chi connectivity index (χ3n) is 4.10. The van der Waals surface area contributed by atoms with Gasteiger partial charge in [0.15, 0.2) is 0 Å². The van der Waals surface area contributed by atoms with Gasteiger partial charge in [-0.2, -0.15) is 0 Å². The molecular weight excluding hydrogens is 374 g/mol. The number of aromatic nitrogens is 2. The minimum absolute atomic E-state index is 0.0889. The average Bonchev–Trinajstić information content (AvgIpc) is 3.15. The number of carbonyl (C=O) groups is 1. The van der Waals surface area contributed by atoms with E-state index in [2.05, 4.69) is 48.4 Å². The summed E-state index contributed by atoms with van der Waals surface area (Å²) < 4.78 is 10.8. The lowest BCUT2D eigenvalue weighted by Gasteiger charge is -2.18. The van der Waals surface area contributed by atoms with Gasteiger partial charge in [0.1, 0.15) is 5.75 Å². The maximum absolute atomic E-state index is 12.1. The van der Waals surface area contributed by atoms with Crippen LogP contribution in [0.15, 0.2) is 58.2 Å². The van der Waals surface area contributed by atoms with Crippen LogP contribution in [0, 0.1) is 0 Å². The highest BCUT2D eigenvalue weighted by atomic mass is 32.2. The molecule has 3 rings (SSSR count). The number of thioether (sulfide) groups is 1. The number of benzene rings is 2. The van der Waals surface area contributed by atoms with Crippen LogP contribution in [0.4, 0.5) is 5.69 Å². The van der Waals surface area contributed by atoms with Crippen molar-refractivity contribution < 1.29 is 13.9 Å². The molecule has 0 saturated carbocycles. The molecule has 0 unspecified atom stereocenters. The molecule has 6 nitrogen and oxygen atoms in total. The van der Waals surface area contributed by atoms with Crippen molar-refractivity contribution >= 4 is 23.4 Å². The number of carbonyl (C=O) groups excluding carboxylic acids is 1. The lowest BCUT2D eigenvalue weighted by atomic mass is 9.87. The molecule has 0 saturated heterocycles. The molecule has 0 aliphatic heterocycles. The zero-order chi connectivity index (χ0) is 20.1. The first kappa shape index (κ1) is 19.9.